The molecular formula is C11H14N2. The van der Waals surface area contributed by atoms with Gasteiger partial charge in [0.1, 0.15) is 0 Å². The zero-order chi connectivity index (χ0) is 9.52. The van der Waals surface area contributed by atoms with Crippen LogP contribution in [0.15, 0.2) is 24.3 Å². The van der Waals surface area contributed by atoms with Gasteiger partial charge in [0.05, 0.1) is 6.54 Å². The molecule has 0 aliphatic carbocycles. The van der Waals surface area contributed by atoms with Gasteiger partial charge in [-0.05, 0) is 18.6 Å². The lowest BCUT2D eigenvalue weighted by atomic mass is 10.2. The minimum Gasteiger partial charge on any atom is -0.398 e. The van der Waals surface area contributed by atoms with Crippen LogP contribution in [-0.2, 0) is 6.54 Å². The maximum Gasteiger partial charge on any atom is 0.0579 e. The standard InChI is InChI=1S/C11H14N2/c1-2-3-8-13-9-10-6-4-5-7-11(10)12/h4-7,13H,8-9,12H2,1H3. The van der Waals surface area contributed by atoms with Crippen molar-refractivity contribution in [1.29, 1.82) is 0 Å². The molecule has 0 amide bonds. The van der Waals surface area contributed by atoms with Gasteiger partial charge in [-0.3, -0.25) is 0 Å². The van der Waals surface area contributed by atoms with Gasteiger partial charge in [0.15, 0.2) is 0 Å². The molecule has 0 aliphatic heterocycles. The van der Waals surface area contributed by atoms with E-state index in [1.54, 1.807) is 0 Å². The first-order chi connectivity index (χ1) is 6.34. The molecule has 0 saturated heterocycles. The quantitative estimate of drug-likeness (QED) is 0.413. The van der Waals surface area contributed by atoms with Gasteiger partial charge in [-0.25, -0.2) is 0 Å². The molecule has 1 aromatic carbocycles. The summed E-state index contributed by atoms with van der Waals surface area (Å²) in [5, 5.41) is 3.19. The van der Waals surface area contributed by atoms with E-state index in [4.69, 9.17) is 5.73 Å². The molecule has 13 heavy (non-hydrogen) atoms. The molecule has 0 bridgehead atoms. The third-order valence-electron chi connectivity index (χ3n) is 1.76. The van der Waals surface area contributed by atoms with Crippen molar-refractivity contribution in [2.75, 3.05) is 12.3 Å². The van der Waals surface area contributed by atoms with Crippen molar-refractivity contribution in [1.82, 2.24) is 5.32 Å². The molecular weight excluding hydrogens is 160 g/mol. The maximum absolute atomic E-state index is 5.76. The number of benzene rings is 1. The van der Waals surface area contributed by atoms with E-state index in [1.807, 2.05) is 31.2 Å². The van der Waals surface area contributed by atoms with E-state index >= 15 is 0 Å². The average molecular weight is 174 g/mol. The summed E-state index contributed by atoms with van der Waals surface area (Å²) >= 11 is 0. The first kappa shape index (κ1) is 9.63. The summed E-state index contributed by atoms with van der Waals surface area (Å²) in [6.45, 7) is 3.32. The van der Waals surface area contributed by atoms with Gasteiger partial charge in [-0.2, -0.15) is 0 Å². The number of nitrogens with one attached hydrogen (secondary N) is 1. The van der Waals surface area contributed by atoms with Crippen LogP contribution in [0.5, 0.6) is 0 Å². The number of nitrogens with two attached hydrogens (primary N) is 1. The third kappa shape index (κ3) is 3.18. The second kappa shape index (κ2) is 5.23. The first-order valence-corrected chi connectivity index (χ1v) is 4.28. The normalized spacial score (nSPS) is 9.00. The fourth-order valence-corrected chi connectivity index (χ4v) is 1.04. The summed E-state index contributed by atoms with van der Waals surface area (Å²) < 4.78 is 0. The predicted octanol–water partition coefficient (Wildman–Crippen LogP) is 1.38. The molecule has 0 radical (unpaired) electrons. The second-order valence-corrected chi connectivity index (χ2v) is 2.73. The van der Waals surface area contributed by atoms with E-state index in [9.17, 15) is 0 Å². The van der Waals surface area contributed by atoms with Crippen LogP contribution in [0.25, 0.3) is 0 Å². The number of para-hydroxylation sites is 1. The number of hydrogen-bond donors (Lipinski definition) is 2. The van der Waals surface area contributed by atoms with Crippen molar-refractivity contribution in [2.45, 2.75) is 13.5 Å². The second-order valence-electron chi connectivity index (χ2n) is 2.73. The Morgan fingerprint density at radius 1 is 1.38 bits per heavy atom. The molecule has 1 rings (SSSR count). The van der Waals surface area contributed by atoms with Crippen LogP contribution in [0.1, 0.15) is 12.5 Å². The summed E-state index contributed by atoms with van der Waals surface area (Å²) in [5.74, 6) is 5.76. The average Bonchev–Trinajstić information content (AvgIpc) is 2.15. The van der Waals surface area contributed by atoms with Crippen LogP contribution in [0, 0.1) is 11.8 Å². The molecule has 3 N–H and O–H groups in total. The lowest BCUT2D eigenvalue weighted by Gasteiger charge is -2.04. The molecule has 0 unspecified atom stereocenters. The Balaban J connectivity index is 2.44. The summed E-state index contributed by atoms with van der Waals surface area (Å²) in [6, 6.07) is 7.84. The lowest BCUT2D eigenvalue weighted by Crippen LogP contribution is -2.14. The molecule has 0 spiro atoms. The van der Waals surface area contributed by atoms with Crippen molar-refractivity contribution in [3.8, 4) is 11.8 Å². The Kier molecular flexibility index (Phi) is 3.87. The number of hydrogen-bond acceptors (Lipinski definition) is 2. The van der Waals surface area contributed by atoms with Gasteiger partial charge in [-0.15, -0.1) is 5.92 Å². The van der Waals surface area contributed by atoms with Crippen molar-refractivity contribution in [3.05, 3.63) is 29.8 Å². The van der Waals surface area contributed by atoms with Gasteiger partial charge < -0.3 is 11.1 Å². The fourth-order valence-electron chi connectivity index (χ4n) is 1.04. The molecule has 68 valence electrons. The van der Waals surface area contributed by atoms with Crippen LogP contribution < -0.4 is 11.1 Å². The predicted molar refractivity (Wildman–Crippen MR) is 56.0 cm³/mol. The summed E-state index contributed by atoms with van der Waals surface area (Å²) in [7, 11) is 0. The van der Waals surface area contributed by atoms with Crippen molar-refractivity contribution in [3.63, 3.8) is 0 Å². The van der Waals surface area contributed by atoms with E-state index in [-0.39, 0.29) is 0 Å². The van der Waals surface area contributed by atoms with Gasteiger partial charge >= 0.3 is 0 Å². The SMILES string of the molecule is CC#CCNCc1ccccc1N. The van der Waals surface area contributed by atoms with Crippen LogP contribution in [-0.4, -0.2) is 6.54 Å². The Bertz CT molecular complexity index is 320. The van der Waals surface area contributed by atoms with Crippen LogP contribution in [0.3, 0.4) is 0 Å². The van der Waals surface area contributed by atoms with E-state index in [0.29, 0.717) is 6.54 Å². The zero-order valence-electron chi connectivity index (χ0n) is 7.80. The topological polar surface area (TPSA) is 38.0 Å². The number of anilines is 1. The number of rotatable bonds is 3. The molecule has 0 atom stereocenters. The Morgan fingerprint density at radius 2 is 2.15 bits per heavy atom. The lowest BCUT2D eigenvalue weighted by molar-refractivity contribution is 0.771. The maximum atomic E-state index is 5.76. The zero-order valence-corrected chi connectivity index (χ0v) is 7.80. The largest absolute Gasteiger partial charge is 0.398 e. The Labute approximate surface area is 79.1 Å². The molecule has 0 aliphatic rings. The van der Waals surface area contributed by atoms with Gasteiger partial charge in [0, 0.05) is 12.2 Å². The van der Waals surface area contributed by atoms with E-state index < -0.39 is 0 Å². The van der Waals surface area contributed by atoms with Crippen molar-refractivity contribution < 1.29 is 0 Å². The number of nitrogen functional groups attached to an aromatic ring is 1. The minimum absolute atomic E-state index is 0.713. The minimum atomic E-state index is 0.713. The van der Waals surface area contributed by atoms with E-state index in [0.717, 1.165) is 17.8 Å². The summed E-state index contributed by atoms with van der Waals surface area (Å²) in [4.78, 5) is 0. The molecule has 1 aromatic rings. The molecule has 0 saturated carbocycles. The van der Waals surface area contributed by atoms with E-state index in [1.165, 1.54) is 0 Å². The Hall–Kier alpha value is -1.46. The van der Waals surface area contributed by atoms with Gasteiger partial charge in [-0.1, -0.05) is 24.1 Å². The third-order valence-corrected chi connectivity index (χ3v) is 1.76. The highest BCUT2D eigenvalue weighted by Crippen LogP contribution is 2.09. The van der Waals surface area contributed by atoms with Crippen LogP contribution in [0.2, 0.25) is 0 Å². The Morgan fingerprint density at radius 3 is 2.85 bits per heavy atom. The summed E-state index contributed by atoms with van der Waals surface area (Å²) in [6.07, 6.45) is 0. The van der Waals surface area contributed by atoms with Crippen LogP contribution >= 0.6 is 0 Å². The van der Waals surface area contributed by atoms with Gasteiger partial charge in [0.2, 0.25) is 0 Å². The van der Waals surface area contributed by atoms with Crippen molar-refractivity contribution in [2.24, 2.45) is 0 Å². The highest BCUT2D eigenvalue weighted by Gasteiger charge is 1.94. The molecule has 0 heterocycles. The fraction of sp³-hybridized carbons (Fsp3) is 0.273. The smallest absolute Gasteiger partial charge is 0.0579 e. The molecule has 2 heteroatoms. The van der Waals surface area contributed by atoms with Crippen molar-refractivity contribution >= 4 is 5.69 Å². The highest BCUT2D eigenvalue weighted by atomic mass is 14.8. The summed E-state index contributed by atoms with van der Waals surface area (Å²) in [5.41, 5.74) is 7.72. The highest BCUT2D eigenvalue weighted by molar-refractivity contribution is 5.46. The van der Waals surface area contributed by atoms with Crippen LogP contribution in [0.4, 0.5) is 5.69 Å². The molecule has 2 nitrogen and oxygen atoms in total. The molecule has 0 fully saturated rings. The van der Waals surface area contributed by atoms with E-state index in [2.05, 4.69) is 17.2 Å². The molecule has 0 aromatic heterocycles. The first-order valence-electron chi connectivity index (χ1n) is 4.28. The van der Waals surface area contributed by atoms with Gasteiger partial charge in [0.25, 0.3) is 0 Å². The monoisotopic (exact) mass is 174 g/mol.